The molecule has 0 unspecified atom stereocenters. The summed E-state index contributed by atoms with van der Waals surface area (Å²) in [6, 6.07) is 23.0. The third kappa shape index (κ3) is 2.92. The van der Waals surface area contributed by atoms with Crippen molar-refractivity contribution in [3.05, 3.63) is 94.0 Å². The Labute approximate surface area is 158 Å². The van der Waals surface area contributed by atoms with Crippen molar-refractivity contribution in [3.63, 3.8) is 0 Å². The molecular formula is C23H20S2. The fourth-order valence-corrected chi connectivity index (χ4v) is 5.97. The molecule has 0 radical (unpaired) electrons. The van der Waals surface area contributed by atoms with Gasteiger partial charge in [0.25, 0.3) is 0 Å². The van der Waals surface area contributed by atoms with Crippen LogP contribution in [0.2, 0.25) is 0 Å². The monoisotopic (exact) mass is 360 g/mol. The van der Waals surface area contributed by atoms with Crippen molar-refractivity contribution in [2.75, 3.05) is 0 Å². The minimum absolute atomic E-state index is 1.09. The standard InChI is InChI=1S/C23H20S2/c1-3-18-14-24-12-16-7-9-17(10-8-16)13-25-15-19-4-2-6-21-20(5-1)22(18)11-23(19)21/h1-10H,11-15H2. The molecule has 0 saturated carbocycles. The molecule has 0 aromatic heterocycles. The van der Waals surface area contributed by atoms with Crippen LogP contribution in [0, 0.1) is 0 Å². The van der Waals surface area contributed by atoms with Crippen molar-refractivity contribution >= 4 is 23.5 Å². The Balaban J connectivity index is 1.58. The summed E-state index contributed by atoms with van der Waals surface area (Å²) >= 11 is 4.06. The van der Waals surface area contributed by atoms with Gasteiger partial charge in [-0.3, -0.25) is 0 Å². The highest BCUT2D eigenvalue weighted by Crippen LogP contribution is 2.41. The van der Waals surface area contributed by atoms with Crippen LogP contribution in [0.3, 0.4) is 0 Å². The lowest BCUT2D eigenvalue weighted by molar-refractivity contribution is 1.17. The molecule has 2 heteroatoms. The van der Waals surface area contributed by atoms with Crippen LogP contribution in [0.4, 0.5) is 0 Å². The molecule has 3 aromatic rings. The first-order chi connectivity index (χ1) is 12.4. The topological polar surface area (TPSA) is 0 Å². The van der Waals surface area contributed by atoms with E-state index in [1.54, 1.807) is 11.1 Å². The second-order valence-corrected chi connectivity index (χ2v) is 8.84. The van der Waals surface area contributed by atoms with Gasteiger partial charge in [-0.25, -0.2) is 0 Å². The summed E-state index contributed by atoms with van der Waals surface area (Å²) in [4.78, 5) is 0. The van der Waals surface area contributed by atoms with Crippen LogP contribution in [0.5, 0.6) is 0 Å². The van der Waals surface area contributed by atoms with Gasteiger partial charge in [0.2, 0.25) is 0 Å². The summed E-state index contributed by atoms with van der Waals surface area (Å²) in [6.07, 6.45) is 1.11. The predicted octanol–water partition coefficient (Wildman–Crippen LogP) is 6.44. The zero-order valence-electron chi connectivity index (χ0n) is 14.1. The van der Waals surface area contributed by atoms with E-state index in [9.17, 15) is 0 Å². The molecule has 2 heterocycles. The minimum atomic E-state index is 1.09. The molecule has 1 aliphatic carbocycles. The van der Waals surface area contributed by atoms with E-state index in [2.05, 4.69) is 60.7 Å². The van der Waals surface area contributed by atoms with Crippen LogP contribution in [0.15, 0.2) is 60.7 Å². The average Bonchev–Trinajstić information content (AvgIpc) is 3.03. The van der Waals surface area contributed by atoms with Crippen LogP contribution >= 0.6 is 23.5 Å². The maximum absolute atomic E-state index is 2.33. The number of thioether (sulfide) groups is 2. The molecule has 0 nitrogen and oxygen atoms in total. The van der Waals surface area contributed by atoms with Gasteiger partial charge >= 0.3 is 0 Å². The number of hydrogen-bond donors (Lipinski definition) is 0. The van der Waals surface area contributed by atoms with E-state index < -0.39 is 0 Å². The van der Waals surface area contributed by atoms with Gasteiger partial charge in [-0.05, 0) is 50.9 Å². The van der Waals surface area contributed by atoms with Crippen LogP contribution in [-0.2, 0) is 29.4 Å². The molecule has 0 spiro atoms. The SMILES string of the molecule is c1cc2c3c(c1)-c1cccc(c1C3)CSCc1ccc(cc1)CSC2. The molecule has 6 rings (SSSR count). The highest BCUT2D eigenvalue weighted by molar-refractivity contribution is 7.98. The van der Waals surface area contributed by atoms with E-state index >= 15 is 0 Å². The Morgan fingerprint density at radius 3 is 1.48 bits per heavy atom. The number of rotatable bonds is 0. The first-order valence-electron chi connectivity index (χ1n) is 8.84. The first-order valence-corrected chi connectivity index (χ1v) is 11.1. The zero-order valence-corrected chi connectivity index (χ0v) is 15.8. The highest BCUT2D eigenvalue weighted by atomic mass is 32.2. The molecule has 0 saturated heterocycles. The van der Waals surface area contributed by atoms with Gasteiger partial charge in [0.05, 0.1) is 0 Å². The lowest BCUT2D eigenvalue weighted by atomic mass is 10.0. The lowest BCUT2D eigenvalue weighted by Crippen LogP contribution is -1.93. The van der Waals surface area contributed by atoms with E-state index in [0.717, 1.165) is 29.4 Å². The summed E-state index contributed by atoms with van der Waals surface area (Å²) < 4.78 is 0. The fraction of sp³-hybridized carbons (Fsp3) is 0.217. The van der Waals surface area contributed by atoms with Crippen molar-refractivity contribution in [3.8, 4) is 11.1 Å². The second kappa shape index (κ2) is 6.59. The predicted molar refractivity (Wildman–Crippen MR) is 111 cm³/mol. The van der Waals surface area contributed by atoms with Crippen molar-refractivity contribution < 1.29 is 0 Å². The largest absolute Gasteiger partial charge is 0.152 e. The molecule has 0 fully saturated rings. The van der Waals surface area contributed by atoms with E-state index in [-0.39, 0.29) is 0 Å². The van der Waals surface area contributed by atoms with E-state index in [1.165, 1.54) is 33.4 Å². The highest BCUT2D eigenvalue weighted by Gasteiger charge is 2.23. The smallest absolute Gasteiger partial charge is 0.0190 e. The summed E-state index contributed by atoms with van der Waals surface area (Å²) in [7, 11) is 0. The fourth-order valence-electron chi connectivity index (χ4n) is 3.93. The Morgan fingerprint density at radius 2 is 1.00 bits per heavy atom. The van der Waals surface area contributed by atoms with Gasteiger partial charge in [0.15, 0.2) is 0 Å². The van der Waals surface area contributed by atoms with E-state index in [1.807, 2.05) is 23.5 Å². The Kier molecular flexibility index (Phi) is 4.11. The van der Waals surface area contributed by atoms with Crippen LogP contribution in [0.1, 0.15) is 33.4 Å². The van der Waals surface area contributed by atoms with Crippen molar-refractivity contribution in [1.29, 1.82) is 0 Å². The molecule has 0 N–H and O–H groups in total. The quantitative estimate of drug-likeness (QED) is 0.354. The average molecular weight is 361 g/mol. The molecule has 124 valence electrons. The zero-order chi connectivity index (χ0) is 16.6. The van der Waals surface area contributed by atoms with E-state index in [0.29, 0.717) is 0 Å². The van der Waals surface area contributed by atoms with Gasteiger partial charge in [0, 0.05) is 23.0 Å². The molecule has 3 aliphatic rings. The van der Waals surface area contributed by atoms with Crippen LogP contribution < -0.4 is 0 Å². The third-order valence-corrected chi connectivity index (χ3v) is 7.37. The first kappa shape index (κ1) is 15.6. The van der Waals surface area contributed by atoms with Gasteiger partial charge in [-0.2, -0.15) is 23.5 Å². The van der Waals surface area contributed by atoms with Gasteiger partial charge in [-0.1, -0.05) is 60.7 Å². The molecule has 0 atom stereocenters. The molecular weight excluding hydrogens is 340 g/mol. The Bertz CT molecular complexity index is 849. The molecule has 25 heavy (non-hydrogen) atoms. The number of hydrogen-bond acceptors (Lipinski definition) is 2. The summed E-state index contributed by atoms with van der Waals surface area (Å²) in [6.45, 7) is 0. The minimum Gasteiger partial charge on any atom is -0.152 e. The molecule has 3 aromatic carbocycles. The van der Waals surface area contributed by atoms with Crippen LogP contribution in [0.25, 0.3) is 11.1 Å². The van der Waals surface area contributed by atoms with Crippen LogP contribution in [-0.4, -0.2) is 0 Å². The summed E-state index contributed by atoms with van der Waals surface area (Å²) in [5.74, 6) is 4.39. The Hall–Kier alpha value is -1.64. The van der Waals surface area contributed by atoms with Gasteiger partial charge < -0.3 is 0 Å². The maximum atomic E-state index is 2.33. The number of benzene rings is 3. The van der Waals surface area contributed by atoms with Gasteiger partial charge in [-0.15, -0.1) is 0 Å². The molecule has 2 aliphatic heterocycles. The summed E-state index contributed by atoms with van der Waals surface area (Å²) in [5.41, 5.74) is 12.0. The maximum Gasteiger partial charge on any atom is 0.0190 e. The third-order valence-electron chi connectivity index (χ3n) is 5.27. The number of fused-ring (bicyclic) bond motifs is 7. The van der Waals surface area contributed by atoms with Crippen molar-refractivity contribution in [1.82, 2.24) is 0 Å². The van der Waals surface area contributed by atoms with Gasteiger partial charge in [0.1, 0.15) is 0 Å². The lowest BCUT2D eigenvalue weighted by Gasteiger charge is -2.09. The normalized spacial score (nSPS) is 15.7. The molecule has 4 bridgehead atoms. The summed E-state index contributed by atoms with van der Waals surface area (Å²) in [5, 5.41) is 0. The Morgan fingerprint density at radius 1 is 0.520 bits per heavy atom. The van der Waals surface area contributed by atoms with Crippen molar-refractivity contribution in [2.24, 2.45) is 0 Å². The van der Waals surface area contributed by atoms with E-state index in [4.69, 9.17) is 0 Å². The molecule has 0 amide bonds. The van der Waals surface area contributed by atoms with Crippen molar-refractivity contribution in [2.45, 2.75) is 29.4 Å². The second-order valence-electron chi connectivity index (χ2n) is 6.87.